The molecule has 1 heteroatoms. The SMILES string of the molecule is CCC=CCCCCC[C]=O. The molecule has 1 radical (unpaired) electrons. The first-order valence-electron chi connectivity index (χ1n) is 4.41. The lowest BCUT2D eigenvalue weighted by molar-refractivity contribution is 0.545. The molecule has 0 heterocycles. The molecule has 0 atom stereocenters. The smallest absolute Gasteiger partial charge is 0.198 e. The maximum absolute atomic E-state index is 9.80. The zero-order valence-electron chi connectivity index (χ0n) is 7.31. The third-order valence-corrected chi connectivity index (χ3v) is 1.55. The predicted molar refractivity (Wildman–Crippen MR) is 48.2 cm³/mol. The molecule has 0 aliphatic rings. The number of hydrogen-bond donors (Lipinski definition) is 0. The van der Waals surface area contributed by atoms with Gasteiger partial charge in [0, 0.05) is 6.42 Å². The summed E-state index contributed by atoms with van der Waals surface area (Å²) in [5, 5.41) is 0. The quantitative estimate of drug-likeness (QED) is 0.406. The van der Waals surface area contributed by atoms with Crippen LogP contribution < -0.4 is 0 Å². The monoisotopic (exact) mass is 153 g/mol. The molecule has 0 spiro atoms. The van der Waals surface area contributed by atoms with Crippen LogP contribution in [-0.4, -0.2) is 6.29 Å². The van der Waals surface area contributed by atoms with Crippen molar-refractivity contribution in [3.05, 3.63) is 12.2 Å². The van der Waals surface area contributed by atoms with Crippen molar-refractivity contribution in [1.29, 1.82) is 0 Å². The average Bonchev–Trinajstić information content (AvgIpc) is 2.03. The van der Waals surface area contributed by atoms with Crippen LogP contribution in [0.3, 0.4) is 0 Å². The lowest BCUT2D eigenvalue weighted by atomic mass is 10.1. The summed E-state index contributed by atoms with van der Waals surface area (Å²) in [6, 6.07) is 0. The van der Waals surface area contributed by atoms with E-state index in [2.05, 4.69) is 19.1 Å². The van der Waals surface area contributed by atoms with E-state index < -0.39 is 0 Å². The van der Waals surface area contributed by atoms with Crippen molar-refractivity contribution < 1.29 is 4.79 Å². The number of allylic oxidation sites excluding steroid dienone is 2. The van der Waals surface area contributed by atoms with Gasteiger partial charge in [-0.3, -0.25) is 4.79 Å². The van der Waals surface area contributed by atoms with Gasteiger partial charge in [0.2, 0.25) is 0 Å². The van der Waals surface area contributed by atoms with Crippen molar-refractivity contribution in [1.82, 2.24) is 0 Å². The minimum atomic E-state index is 0.609. The van der Waals surface area contributed by atoms with Crippen molar-refractivity contribution in [3.8, 4) is 0 Å². The molecule has 63 valence electrons. The summed E-state index contributed by atoms with van der Waals surface area (Å²) >= 11 is 0. The highest BCUT2D eigenvalue weighted by Crippen LogP contribution is 2.02. The van der Waals surface area contributed by atoms with Gasteiger partial charge in [-0.1, -0.05) is 25.5 Å². The Hall–Kier alpha value is -0.590. The van der Waals surface area contributed by atoms with Gasteiger partial charge in [-0.2, -0.15) is 0 Å². The molecular formula is C10H17O. The van der Waals surface area contributed by atoms with Crippen molar-refractivity contribution in [2.45, 2.75) is 45.4 Å². The number of rotatable bonds is 7. The second-order valence-electron chi connectivity index (χ2n) is 2.62. The third-order valence-electron chi connectivity index (χ3n) is 1.55. The lowest BCUT2D eigenvalue weighted by Gasteiger charge is -1.92. The van der Waals surface area contributed by atoms with E-state index in [-0.39, 0.29) is 0 Å². The van der Waals surface area contributed by atoms with Crippen LogP contribution in [0.2, 0.25) is 0 Å². The van der Waals surface area contributed by atoms with Crippen molar-refractivity contribution in [2.75, 3.05) is 0 Å². The predicted octanol–water partition coefficient (Wildman–Crippen LogP) is 3.01. The molecule has 0 aromatic heterocycles. The van der Waals surface area contributed by atoms with E-state index in [1.807, 2.05) is 6.29 Å². The topological polar surface area (TPSA) is 17.1 Å². The molecule has 1 nitrogen and oxygen atoms in total. The number of carbonyl (C=O) groups excluding carboxylic acids is 1. The second-order valence-corrected chi connectivity index (χ2v) is 2.62. The fourth-order valence-corrected chi connectivity index (χ4v) is 0.921. The minimum Gasteiger partial charge on any atom is -0.291 e. The molecule has 0 aromatic rings. The van der Waals surface area contributed by atoms with Gasteiger partial charge in [0.25, 0.3) is 0 Å². The Morgan fingerprint density at radius 3 is 2.64 bits per heavy atom. The molecule has 0 saturated heterocycles. The molecule has 0 amide bonds. The first-order chi connectivity index (χ1) is 5.41. The van der Waals surface area contributed by atoms with Crippen LogP contribution in [0.15, 0.2) is 12.2 Å². The lowest BCUT2D eigenvalue weighted by Crippen LogP contribution is -1.77. The molecule has 11 heavy (non-hydrogen) atoms. The van der Waals surface area contributed by atoms with Crippen molar-refractivity contribution >= 4 is 6.29 Å². The second kappa shape index (κ2) is 9.41. The van der Waals surface area contributed by atoms with Gasteiger partial charge in [0.1, 0.15) is 0 Å². The van der Waals surface area contributed by atoms with Gasteiger partial charge < -0.3 is 0 Å². The first kappa shape index (κ1) is 10.4. The first-order valence-corrected chi connectivity index (χ1v) is 4.41. The third kappa shape index (κ3) is 9.41. The van der Waals surface area contributed by atoms with E-state index in [0.717, 1.165) is 25.7 Å². The molecule has 0 aliphatic carbocycles. The van der Waals surface area contributed by atoms with Crippen LogP contribution in [0.4, 0.5) is 0 Å². The highest BCUT2D eigenvalue weighted by molar-refractivity contribution is 5.50. The number of unbranched alkanes of at least 4 members (excludes halogenated alkanes) is 4. The molecule has 0 saturated carbocycles. The normalized spacial score (nSPS) is 10.6. The van der Waals surface area contributed by atoms with Crippen LogP contribution >= 0.6 is 0 Å². The zero-order chi connectivity index (χ0) is 8.36. The highest BCUT2D eigenvalue weighted by atomic mass is 16.1. The van der Waals surface area contributed by atoms with E-state index in [1.54, 1.807) is 0 Å². The fraction of sp³-hybridized carbons (Fsp3) is 0.700. The van der Waals surface area contributed by atoms with Gasteiger partial charge in [-0.05, 0) is 25.7 Å². The summed E-state index contributed by atoms with van der Waals surface area (Å²) in [7, 11) is 0. The van der Waals surface area contributed by atoms with Gasteiger partial charge >= 0.3 is 0 Å². The zero-order valence-corrected chi connectivity index (χ0v) is 7.31. The fourth-order valence-electron chi connectivity index (χ4n) is 0.921. The summed E-state index contributed by atoms with van der Waals surface area (Å²) in [6.45, 7) is 2.14. The summed E-state index contributed by atoms with van der Waals surface area (Å²) in [5.74, 6) is 0. The van der Waals surface area contributed by atoms with Gasteiger partial charge in [0.05, 0.1) is 0 Å². The van der Waals surface area contributed by atoms with Gasteiger partial charge in [0.15, 0.2) is 6.29 Å². The summed E-state index contributed by atoms with van der Waals surface area (Å²) in [5.41, 5.74) is 0. The molecule has 0 unspecified atom stereocenters. The minimum absolute atomic E-state index is 0.609. The Morgan fingerprint density at radius 1 is 1.18 bits per heavy atom. The number of hydrogen-bond acceptors (Lipinski definition) is 1. The Labute approximate surface area is 69.5 Å². The Kier molecular flexibility index (Phi) is 8.91. The van der Waals surface area contributed by atoms with Crippen LogP contribution in [0.5, 0.6) is 0 Å². The van der Waals surface area contributed by atoms with E-state index >= 15 is 0 Å². The Morgan fingerprint density at radius 2 is 2.00 bits per heavy atom. The molecule has 0 bridgehead atoms. The molecule has 0 aliphatic heterocycles. The largest absolute Gasteiger partial charge is 0.291 e. The van der Waals surface area contributed by atoms with E-state index in [9.17, 15) is 4.79 Å². The molecule has 0 fully saturated rings. The molecule has 0 N–H and O–H groups in total. The average molecular weight is 153 g/mol. The van der Waals surface area contributed by atoms with Crippen LogP contribution in [0, 0.1) is 0 Å². The van der Waals surface area contributed by atoms with E-state index in [0.29, 0.717) is 6.42 Å². The molecule has 0 aromatic carbocycles. The maximum Gasteiger partial charge on any atom is 0.198 e. The summed E-state index contributed by atoms with van der Waals surface area (Å²) < 4.78 is 0. The van der Waals surface area contributed by atoms with Gasteiger partial charge in [-0.15, -0.1) is 0 Å². The maximum atomic E-state index is 9.80. The molecular weight excluding hydrogens is 136 g/mol. The summed E-state index contributed by atoms with van der Waals surface area (Å²) in [6.07, 6.45) is 12.6. The summed E-state index contributed by atoms with van der Waals surface area (Å²) in [4.78, 5) is 9.80. The van der Waals surface area contributed by atoms with Gasteiger partial charge in [-0.25, -0.2) is 0 Å². The van der Waals surface area contributed by atoms with E-state index in [1.165, 1.54) is 6.42 Å². The van der Waals surface area contributed by atoms with Crippen LogP contribution in [-0.2, 0) is 4.79 Å². The highest BCUT2D eigenvalue weighted by Gasteiger charge is 1.86. The van der Waals surface area contributed by atoms with Crippen LogP contribution in [0.1, 0.15) is 45.4 Å². The standard InChI is InChI=1S/C10H17O/c1-2-3-4-5-6-7-8-9-10-11/h3-4H,2,5-9H2,1H3. The van der Waals surface area contributed by atoms with E-state index in [4.69, 9.17) is 0 Å². The molecule has 0 rings (SSSR count). The van der Waals surface area contributed by atoms with Crippen LogP contribution in [0.25, 0.3) is 0 Å². The Balaban J connectivity index is 2.90. The van der Waals surface area contributed by atoms with Crippen molar-refractivity contribution in [2.24, 2.45) is 0 Å². The van der Waals surface area contributed by atoms with Crippen molar-refractivity contribution in [3.63, 3.8) is 0 Å². The Bertz CT molecular complexity index is 105.